The molecule has 7 heteroatoms. The Bertz CT molecular complexity index is 1640. The Labute approximate surface area is 276 Å². The van der Waals surface area contributed by atoms with E-state index in [1.165, 1.54) is 36.3 Å². The van der Waals surface area contributed by atoms with Crippen molar-refractivity contribution in [3.63, 3.8) is 0 Å². The summed E-state index contributed by atoms with van der Waals surface area (Å²) >= 11 is 1.85. The van der Waals surface area contributed by atoms with Crippen LogP contribution in [-0.2, 0) is 16.1 Å². The number of hydrogen-bond acceptors (Lipinski definition) is 3. The van der Waals surface area contributed by atoms with Gasteiger partial charge in [-0.05, 0) is 122 Å². The maximum atomic E-state index is 15.3. The number of halogens is 1. The van der Waals surface area contributed by atoms with Crippen LogP contribution in [0, 0.1) is 41.8 Å². The second-order valence-electron chi connectivity index (χ2n) is 16.2. The molecular formula is C39H48FN3O2S. The third-order valence-electron chi connectivity index (χ3n) is 13.0. The molecule has 2 aromatic carbocycles. The van der Waals surface area contributed by atoms with Gasteiger partial charge in [-0.2, -0.15) is 11.8 Å². The molecule has 1 saturated heterocycles. The number of aromatic amines is 1. The van der Waals surface area contributed by atoms with E-state index in [2.05, 4.69) is 55.3 Å². The Hall–Kier alpha value is -2.80. The number of fused-ring (bicyclic) bond motifs is 1. The van der Waals surface area contributed by atoms with Crippen LogP contribution < -0.4 is 5.32 Å². The number of hydrogen-bond donors (Lipinski definition) is 2. The minimum atomic E-state index is -0.973. The average molecular weight is 642 g/mol. The van der Waals surface area contributed by atoms with Gasteiger partial charge in [0.05, 0.1) is 0 Å². The van der Waals surface area contributed by atoms with Gasteiger partial charge in [0.15, 0.2) is 0 Å². The Morgan fingerprint density at radius 2 is 1.59 bits per heavy atom. The van der Waals surface area contributed by atoms with Crippen LogP contribution in [0.1, 0.15) is 94.4 Å². The summed E-state index contributed by atoms with van der Waals surface area (Å²) < 4.78 is 15.3. The molecule has 6 fully saturated rings. The first kappa shape index (κ1) is 30.5. The molecule has 46 heavy (non-hydrogen) atoms. The predicted molar refractivity (Wildman–Crippen MR) is 183 cm³/mol. The summed E-state index contributed by atoms with van der Waals surface area (Å²) in [5.74, 6) is 3.83. The first-order valence-corrected chi connectivity index (χ1v) is 18.8. The van der Waals surface area contributed by atoms with Crippen LogP contribution in [-0.4, -0.2) is 44.3 Å². The van der Waals surface area contributed by atoms with Crippen molar-refractivity contribution in [2.75, 3.05) is 11.5 Å². The SMILES string of the molecule is Cc1[nH]c2ccccc2c1[C@H]1[C@H](CC(=O)N(Cc2ccccc2F)C2(C(=O)NC34CC5CC(CC(C5)C3)C4)CCSCC2)C1(C)C. The minimum Gasteiger partial charge on any atom is -0.358 e. The highest BCUT2D eigenvalue weighted by Crippen LogP contribution is 2.67. The van der Waals surface area contributed by atoms with E-state index in [1.807, 2.05) is 22.7 Å². The maximum absolute atomic E-state index is 15.3. The van der Waals surface area contributed by atoms with Crippen LogP contribution in [0.15, 0.2) is 48.5 Å². The Morgan fingerprint density at radius 3 is 2.26 bits per heavy atom. The summed E-state index contributed by atoms with van der Waals surface area (Å²) in [6.45, 7) is 6.79. The standard InChI is InChI=1S/C39H48FN3O2S/c1-24-34(29-9-5-7-11-32(29)41-24)35-30(37(35,2)3)19-33(44)43(23-28-8-4-6-10-31(28)40)39(12-14-46-15-13-39)36(45)42-38-20-25-16-26(21-38)18-27(17-25)22-38/h4-11,25-27,30,35,41H,12-23H2,1-3H3,(H,42,45)/t25?,26?,27?,30-,35+,38?/m0/s1. The first-order valence-electron chi connectivity index (χ1n) is 17.6. The molecule has 2 atom stereocenters. The predicted octanol–water partition coefficient (Wildman–Crippen LogP) is 8.12. The number of amides is 2. The summed E-state index contributed by atoms with van der Waals surface area (Å²) in [5, 5.41) is 4.90. The van der Waals surface area contributed by atoms with Crippen LogP contribution >= 0.6 is 11.8 Å². The molecule has 2 heterocycles. The van der Waals surface area contributed by atoms with Crippen molar-refractivity contribution in [1.82, 2.24) is 15.2 Å². The Kier molecular flexibility index (Phi) is 7.39. The molecule has 0 unspecified atom stereocenters. The molecule has 1 aromatic heterocycles. The molecule has 1 aliphatic heterocycles. The van der Waals surface area contributed by atoms with Gasteiger partial charge in [0.1, 0.15) is 11.4 Å². The van der Waals surface area contributed by atoms with Gasteiger partial charge in [-0.3, -0.25) is 9.59 Å². The molecule has 5 aliphatic carbocycles. The maximum Gasteiger partial charge on any atom is 0.246 e. The number of carbonyl (C=O) groups is 2. The van der Waals surface area contributed by atoms with Gasteiger partial charge in [-0.1, -0.05) is 50.2 Å². The molecule has 0 spiro atoms. The number of rotatable bonds is 8. The number of para-hydroxylation sites is 1. The lowest BCUT2D eigenvalue weighted by atomic mass is 9.53. The van der Waals surface area contributed by atoms with Crippen molar-refractivity contribution in [1.29, 1.82) is 0 Å². The number of H-pyrrole nitrogens is 1. The number of benzene rings is 2. The van der Waals surface area contributed by atoms with E-state index in [4.69, 9.17) is 0 Å². The second-order valence-corrected chi connectivity index (χ2v) is 17.4. The fraction of sp³-hybridized carbons (Fsp3) is 0.590. The van der Waals surface area contributed by atoms with Crippen LogP contribution in [0.5, 0.6) is 0 Å². The molecular weight excluding hydrogens is 594 g/mol. The minimum absolute atomic E-state index is 0.0125. The fourth-order valence-corrected chi connectivity index (χ4v) is 12.1. The molecule has 2 amide bonds. The van der Waals surface area contributed by atoms with E-state index in [1.54, 1.807) is 12.1 Å². The number of thioether (sulfide) groups is 1. The lowest BCUT2D eigenvalue weighted by Crippen LogP contribution is -2.68. The van der Waals surface area contributed by atoms with Crippen molar-refractivity contribution in [3.8, 4) is 0 Å². The van der Waals surface area contributed by atoms with Crippen LogP contribution in [0.25, 0.3) is 10.9 Å². The van der Waals surface area contributed by atoms with Crippen molar-refractivity contribution >= 4 is 34.5 Å². The number of aromatic nitrogens is 1. The van der Waals surface area contributed by atoms with Gasteiger partial charge in [-0.15, -0.1) is 0 Å². The highest BCUT2D eigenvalue weighted by Gasteiger charge is 2.61. The summed E-state index contributed by atoms with van der Waals surface area (Å²) in [6, 6.07) is 15.2. The van der Waals surface area contributed by atoms with E-state index in [9.17, 15) is 9.59 Å². The number of nitrogens with one attached hydrogen (secondary N) is 2. The summed E-state index contributed by atoms with van der Waals surface area (Å²) in [6.07, 6.45) is 8.69. The zero-order valence-electron chi connectivity index (χ0n) is 27.5. The Morgan fingerprint density at radius 1 is 0.957 bits per heavy atom. The zero-order valence-corrected chi connectivity index (χ0v) is 28.4. The first-order chi connectivity index (χ1) is 22.1. The smallest absolute Gasteiger partial charge is 0.246 e. The monoisotopic (exact) mass is 641 g/mol. The molecule has 6 aliphatic rings. The van der Waals surface area contributed by atoms with Crippen molar-refractivity contribution in [2.24, 2.45) is 29.1 Å². The summed E-state index contributed by atoms with van der Waals surface area (Å²) in [4.78, 5) is 35.1. The van der Waals surface area contributed by atoms with Crippen LogP contribution in [0.4, 0.5) is 4.39 Å². The second kappa shape index (κ2) is 11.1. The van der Waals surface area contributed by atoms with Crippen LogP contribution in [0.2, 0.25) is 0 Å². The molecule has 2 N–H and O–H groups in total. The number of aryl methyl sites for hydroxylation is 1. The molecule has 244 valence electrons. The largest absolute Gasteiger partial charge is 0.358 e. The van der Waals surface area contributed by atoms with E-state index in [0.717, 1.165) is 42.0 Å². The van der Waals surface area contributed by atoms with Gasteiger partial charge in [0.25, 0.3) is 0 Å². The van der Waals surface area contributed by atoms with E-state index < -0.39 is 5.54 Å². The van der Waals surface area contributed by atoms with Crippen LogP contribution in [0.3, 0.4) is 0 Å². The third-order valence-corrected chi connectivity index (χ3v) is 13.9. The lowest BCUT2D eigenvalue weighted by molar-refractivity contribution is -0.153. The summed E-state index contributed by atoms with van der Waals surface area (Å²) in [5.41, 5.74) is 2.90. The van der Waals surface area contributed by atoms with Gasteiger partial charge in [-0.25, -0.2) is 4.39 Å². The van der Waals surface area contributed by atoms with Crippen molar-refractivity contribution in [2.45, 2.75) is 102 Å². The number of nitrogens with zero attached hydrogens (tertiary/aromatic N) is 1. The van der Waals surface area contributed by atoms with Gasteiger partial charge >= 0.3 is 0 Å². The highest BCUT2D eigenvalue weighted by atomic mass is 32.2. The molecule has 3 aromatic rings. The fourth-order valence-electron chi connectivity index (χ4n) is 10.9. The average Bonchev–Trinajstić information content (AvgIpc) is 3.36. The van der Waals surface area contributed by atoms with Gasteiger partial charge in [0.2, 0.25) is 11.8 Å². The van der Waals surface area contributed by atoms with E-state index in [0.29, 0.717) is 42.6 Å². The number of carbonyl (C=O) groups excluding carboxylic acids is 2. The van der Waals surface area contributed by atoms with Crippen molar-refractivity contribution in [3.05, 3.63) is 71.2 Å². The molecule has 0 radical (unpaired) electrons. The quantitative estimate of drug-likeness (QED) is 0.261. The topological polar surface area (TPSA) is 65.2 Å². The Balaban J connectivity index is 1.12. The lowest BCUT2D eigenvalue weighted by Gasteiger charge is -2.58. The molecule has 5 nitrogen and oxygen atoms in total. The molecule has 9 rings (SSSR count). The molecule has 4 bridgehead atoms. The summed E-state index contributed by atoms with van der Waals surface area (Å²) in [7, 11) is 0. The normalized spacial score (nSPS) is 32.0. The zero-order chi connectivity index (χ0) is 31.8. The highest BCUT2D eigenvalue weighted by molar-refractivity contribution is 7.99. The van der Waals surface area contributed by atoms with Gasteiger partial charge < -0.3 is 15.2 Å². The van der Waals surface area contributed by atoms with E-state index in [-0.39, 0.29) is 47.0 Å². The molecule has 5 saturated carbocycles. The third kappa shape index (κ3) is 5.02. The van der Waals surface area contributed by atoms with Crippen molar-refractivity contribution < 1.29 is 14.0 Å². The van der Waals surface area contributed by atoms with E-state index >= 15 is 4.39 Å². The van der Waals surface area contributed by atoms with Gasteiger partial charge in [0, 0.05) is 40.7 Å².